The Kier molecular flexibility index (Phi) is 4.29. The average Bonchev–Trinajstić information content (AvgIpc) is 2.34. The van der Waals surface area contributed by atoms with Gasteiger partial charge in [0.05, 0.1) is 17.7 Å². The Morgan fingerprint density at radius 1 is 1.28 bits per heavy atom. The minimum absolute atomic E-state index is 0.145. The van der Waals surface area contributed by atoms with Gasteiger partial charge < -0.3 is 5.32 Å². The Balaban J connectivity index is 2.21. The first-order valence-corrected chi connectivity index (χ1v) is 7.34. The van der Waals surface area contributed by atoms with Crippen LogP contribution in [0.1, 0.15) is 36.8 Å². The summed E-state index contributed by atoms with van der Waals surface area (Å²) in [5.74, 6) is 0.145. The highest BCUT2D eigenvalue weighted by Crippen LogP contribution is 2.32. The van der Waals surface area contributed by atoms with Gasteiger partial charge in [-0.1, -0.05) is 18.9 Å². The number of benzene rings is 1. The molecule has 1 aliphatic rings. The van der Waals surface area contributed by atoms with Crippen molar-refractivity contribution in [3.05, 3.63) is 27.7 Å². The van der Waals surface area contributed by atoms with E-state index >= 15 is 0 Å². The molecule has 2 nitrogen and oxygen atoms in total. The zero-order valence-electron chi connectivity index (χ0n) is 11.0. The molecule has 1 saturated carbocycles. The fourth-order valence-corrected chi connectivity index (χ4v) is 3.53. The molecule has 1 fully saturated rings. The smallest absolute Gasteiger partial charge is 0.0677 e. The van der Waals surface area contributed by atoms with E-state index in [1.54, 1.807) is 0 Å². The van der Waals surface area contributed by atoms with Crippen LogP contribution in [-0.2, 0) is 0 Å². The van der Waals surface area contributed by atoms with E-state index in [2.05, 4.69) is 53.3 Å². The largest absolute Gasteiger partial charge is 0.380 e. The molecule has 0 spiro atoms. The van der Waals surface area contributed by atoms with Crippen LogP contribution >= 0.6 is 15.9 Å². The van der Waals surface area contributed by atoms with Gasteiger partial charge in [0.2, 0.25) is 0 Å². The molecule has 0 aliphatic heterocycles. The molecule has 0 heterocycles. The molecule has 96 valence electrons. The minimum atomic E-state index is 0.145. The first-order chi connectivity index (χ1) is 8.61. The van der Waals surface area contributed by atoms with Crippen molar-refractivity contribution in [3.63, 3.8) is 0 Å². The fraction of sp³-hybridized carbons (Fsp3) is 0.533. The molecule has 1 N–H and O–H groups in total. The molecule has 0 amide bonds. The van der Waals surface area contributed by atoms with Gasteiger partial charge in [-0.2, -0.15) is 5.26 Å². The van der Waals surface area contributed by atoms with E-state index in [0.29, 0.717) is 6.04 Å². The van der Waals surface area contributed by atoms with E-state index in [1.807, 2.05) is 0 Å². The molecular formula is C15H19BrN2. The van der Waals surface area contributed by atoms with Crippen LogP contribution < -0.4 is 5.32 Å². The van der Waals surface area contributed by atoms with Crippen LogP contribution in [-0.4, -0.2) is 6.04 Å². The second-order valence-electron chi connectivity index (χ2n) is 5.21. The number of aryl methyl sites for hydroxylation is 2. The first kappa shape index (κ1) is 13.4. The Bertz CT molecular complexity index is 453. The standard InChI is InChI=1S/C15H19BrN2/c1-10-7-11(2)15(13(16)8-10)18-14-6-4-3-5-12(14)9-17/h7-8,12,14,18H,3-6H2,1-2H3. The normalized spacial score (nSPS) is 23.4. The first-order valence-electron chi connectivity index (χ1n) is 6.54. The predicted molar refractivity (Wildman–Crippen MR) is 78.6 cm³/mol. The summed E-state index contributed by atoms with van der Waals surface area (Å²) in [7, 11) is 0. The highest BCUT2D eigenvalue weighted by molar-refractivity contribution is 9.10. The Labute approximate surface area is 118 Å². The summed E-state index contributed by atoms with van der Waals surface area (Å²) in [6.07, 6.45) is 4.53. The summed E-state index contributed by atoms with van der Waals surface area (Å²) in [4.78, 5) is 0. The number of nitrogens with zero attached hydrogens (tertiary/aromatic N) is 1. The summed E-state index contributed by atoms with van der Waals surface area (Å²) in [6, 6.07) is 7.04. The van der Waals surface area contributed by atoms with Crippen molar-refractivity contribution < 1.29 is 0 Å². The topological polar surface area (TPSA) is 35.8 Å². The molecule has 1 aromatic rings. The minimum Gasteiger partial charge on any atom is -0.380 e. The fourth-order valence-electron chi connectivity index (χ4n) is 2.74. The highest BCUT2D eigenvalue weighted by atomic mass is 79.9. The molecular weight excluding hydrogens is 288 g/mol. The summed E-state index contributed by atoms with van der Waals surface area (Å²) in [6.45, 7) is 4.21. The molecule has 0 radical (unpaired) electrons. The second-order valence-corrected chi connectivity index (χ2v) is 6.06. The van der Waals surface area contributed by atoms with Gasteiger partial charge in [-0.15, -0.1) is 0 Å². The summed E-state index contributed by atoms with van der Waals surface area (Å²) < 4.78 is 1.10. The number of hydrogen-bond donors (Lipinski definition) is 1. The van der Waals surface area contributed by atoms with Crippen LogP contribution in [0.4, 0.5) is 5.69 Å². The molecule has 0 saturated heterocycles. The number of halogens is 1. The number of nitriles is 1. The van der Waals surface area contributed by atoms with Crippen LogP contribution in [0, 0.1) is 31.1 Å². The lowest BCUT2D eigenvalue weighted by molar-refractivity contribution is 0.388. The van der Waals surface area contributed by atoms with E-state index in [-0.39, 0.29) is 5.92 Å². The number of anilines is 1. The van der Waals surface area contributed by atoms with E-state index in [1.165, 1.54) is 24.0 Å². The second kappa shape index (κ2) is 5.75. The van der Waals surface area contributed by atoms with Crippen LogP contribution in [0.5, 0.6) is 0 Å². The molecule has 1 aromatic carbocycles. The van der Waals surface area contributed by atoms with Gasteiger partial charge >= 0.3 is 0 Å². The molecule has 0 bridgehead atoms. The van der Waals surface area contributed by atoms with Crippen molar-refractivity contribution in [2.24, 2.45) is 5.92 Å². The van der Waals surface area contributed by atoms with Crippen molar-refractivity contribution in [2.75, 3.05) is 5.32 Å². The van der Waals surface area contributed by atoms with Crippen LogP contribution in [0.2, 0.25) is 0 Å². The zero-order chi connectivity index (χ0) is 13.1. The molecule has 18 heavy (non-hydrogen) atoms. The lowest BCUT2D eigenvalue weighted by Crippen LogP contribution is -2.31. The maximum Gasteiger partial charge on any atom is 0.0677 e. The van der Waals surface area contributed by atoms with Crippen molar-refractivity contribution in [2.45, 2.75) is 45.6 Å². The van der Waals surface area contributed by atoms with Gasteiger partial charge in [0, 0.05) is 10.5 Å². The van der Waals surface area contributed by atoms with E-state index in [0.717, 1.165) is 23.0 Å². The number of rotatable bonds is 2. The van der Waals surface area contributed by atoms with Crippen molar-refractivity contribution >= 4 is 21.6 Å². The molecule has 3 heteroatoms. The molecule has 1 aliphatic carbocycles. The third-order valence-corrected chi connectivity index (χ3v) is 4.32. The van der Waals surface area contributed by atoms with Crippen molar-refractivity contribution in [1.29, 1.82) is 5.26 Å². The van der Waals surface area contributed by atoms with Gasteiger partial charge in [-0.25, -0.2) is 0 Å². The molecule has 2 unspecified atom stereocenters. The molecule has 0 aromatic heterocycles. The van der Waals surface area contributed by atoms with Crippen LogP contribution in [0.25, 0.3) is 0 Å². The Hall–Kier alpha value is -1.01. The van der Waals surface area contributed by atoms with Gasteiger partial charge in [0.15, 0.2) is 0 Å². The van der Waals surface area contributed by atoms with Crippen LogP contribution in [0.15, 0.2) is 16.6 Å². The van der Waals surface area contributed by atoms with Gasteiger partial charge in [0.1, 0.15) is 0 Å². The van der Waals surface area contributed by atoms with E-state index < -0.39 is 0 Å². The summed E-state index contributed by atoms with van der Waals surface area (Å²) in [5, 5.41) is 12.8. The maximum atomic E-state index is 9.22. The average molecular weight is 307 g/mol. The summed E-state index contributed by atoms with van der Waals surface area (Å²) in [5.41, 5.74) is 3.64. The monoisotopic (exact) mass is 306 g/mol. The highest BCUT2D eigenvalue weighted by Gasteiger charge is 2.25. The lowest BCUT2D eigenvalue weighted by atomic mass is 9.85. The molecule has 2 atom stereocenters. The van der Waals surface area contributed by atoms with Gasteiger partial charge in [-0.05, 0) is 59.8 Å². The van der Waals surface area contributed by atoms with Crippen LogP contribution in [0.3, 0.4) is 0 Å². The van der Waals surface area contributed by atoms with E-state index in [4.69, 9.17) is 0 Å². The number of nitrogens with one attached hydrogen (secondary N) is 1. The number of hydrogen-bond acceptors (Lipinski definition) is 2. The quantitative estimate of drug-likeness (QED) is 0.869. The third-order valence-electron chi connectivity index (χ3n) is 3.69. The summed E-state index contributed by atoms with van der Waals surface area (Å²) >= 11 is 3.62. The van der Waals surface area contributed by atoms with Gasteiger partial charge in [0.25, 0.3) is 0 Å². The van der Waals surface area contributed by atoms with Crippen molar-refractivity contribution in [3.8, 4) is 6.07 Å². The van der Waals surface area contributed by atoms with E-state index in [9.17, 15) is 5.26 Å². The van der Waals surface area contributed by atoms with Crippen molar-refractivity contribution in [1.82, 2.24) is 0 Å². The predicted octanol–water partition coefficient (Wildman–Crippen LogP) is 4.56. The van der Waals surface area contributed by atoms with Gasteiger partial charge in [-0.3, -0.25) is 0 Å². The Morgan fingerprint density at radius 2 is 2.00 bits per heavy atom. The zero-order valence-corrected chi connectivity index (χ0v) is 12.5. The lowest BCUT2D eigenvalue weighted by Gasteiger charge is -2.29. The SMILES string of the molecule is Cc1cc(C)c(NC2CCCCC2C#N)c(Br)c1. The Morgan fingerprint density at radius 3 is 2.67 bits per heavy atom. The molecule has 2 rings (SSSR count). The maximum absolute atomic E-state index is 9.22. The third kappa shape index (κ3) is 2.87.